The van der Waals surface area contributed by atoms with E-state index < -0.39 is 0 Å². The summed E-state index contributed by atoms with van der Waals surface area (Å²) in [5.41, 5.74) is 9.51. The first-order chi connectivity index (χ1) is 12.3. The molecule has 0 radical (unpaired) electrons. The van der Waals surface area contributed by atoms with Crippen LogP contribution in [0, 0.1) is 17.8 Å². The summed E-state index contributed by atoms with van der Waals surface area (Å²) in [6, 6.07) is 11.0. The Morgan fingerprint density at radius 1 is 1.16 bits per heavy atom. The van der Waals surface area contributed by atoms with E-state index in [2.05, 4.69) is 34.2 Å². The van der Waals surface area contributed by atoms with Gasteiger partial charge in [0, 0.05) is 18.2 Å². The molecule has 2 heterocycles. The smallest absolute Gasteiger partial charge is 0.240 e. The lowest BCUT2D eigenvalue weighted by molar-refractivity contribution is -0.150. The number of hydrazine groups is 1. The molecule has 25 heavy (non-hydrogen) atoms. The highest BCUT2D eigenvalue weighted by Gasteiger charge is 2.53. The van der Waals surface area contributed by atoms with Crippen LogP contribution < -0.4 is 10.9 Å². The lowest BCUT2D eigenvalue weighted by Gasteiger charge is -2.43. The Labute approximate surface area is 148 Å². The van der Waals surface area contributed by atoms with E-state index in [9.17, 15) is 4.79 Å². The van der Waals surface area contributed by atoms with Gasteiger partial charge in [0.15, 0.2) is 0 Å². The van der Waals surface area contributed by atoms with Gasteiger partial charge in [0.2, 0.25) is 5.91 Å². The van der Waals surface area contributed by atoms with Gasteiger partial charge in [-0.3, -0.25) is 9.80 Å². The Morgan fingerprint density at radius 2 is 2.04 bits per heavy atom. The Hall–Kier alpha value is -2.14. The molecule has 0 aromatic heterocycles. The molecule has 2 aliphatic heterocycles. The SMILES string of the molecule is O=C1C2CCC3=CC=NNC3C3CCC(NN1Cc1ccccc1)C23. The number of hydrogen-bond donors (Lipinski definition) is 2. The number of carbonyl (C=O) groups excluding carboxylic acids is 1. The van der Waals surface area contributed by atoms with Crippen molar-refractivity contribution in [2.75, 3.05) is 0 Å². The molecule has 3 fully saturated rings. The fraction of sp³-hybridized carbons (Fsp3) is 0.500. The summed E-state index contributed by atoms with van der Waals surface area (Å²) in [4.78, 5) is 13.2. The number of nitrogens with one attached hydrogen (secondary N) is 2. The standard InChI is InChI=1S/C20H24N4O/c25-20-16-7-6-14-10-11-21-22-19(14)15-8-9-17(18(15)16)23-24(20)12-13-4-2-1-3-5-13/h1-5,10-11,15-19,22-23H,6-9,12H2. The van der Waals surface area contributed by atoms with Crippen LogP contribution in [0.5, 0.6) is 0 Å². The zero-order valence-corrected chi connectivity index (χ0v) is 14.3. The molecule has 2 N–H and O–H groups in total. The van der Waals surface area contributed by atoms with Crippen LogP contribution in [-0.2, 0) is 11.3 Å². The van der Waals surface area contributed by atoms with E-state index in [-0.39, 0.29) is 11.8 Å². The van der Waals surface area contributed by atoms with Crippen LogP contribution >= 0.6 is 0 Å². The molecular weight excluding hydrogens is 312 g/mol. The number of carbonyl (C=O) groups is 1. The highest BCUT2D eigenvalue weighted by Crippen LogP contribution is 2.48. The minimum atomic E-state index is 0.135. The maximum absolute atomic E-state index is 13.2. The van der Waals surface area contributed by atoms with Gasteiger partial charge in [-0.15, -0.1) is 0 Å². The third kappa shape index (κ3) is 2.49. The molecule has 4 aliphatic rings. The zero-order chi connectivity index (χ0) is 16.8. The van der Waals surface area contributed by atoms with E-state index in [4.69, 9.17) is 0 Å². The van der Waals surface area contributed by atoms with Crippen molar-refractivity contribution in [3.8, 4) is 0 Å². The monoisotopic (exact) mass is 336 g/mol. The summed E-state index contributed by atoms with van der Waals surface area (Å²) >= 11 is 0. The maximum Gasteiger partial charge on any atom is 0.240 e. The lowest BCUT2D eigenvalue weighted by atomic mass is 9.77. The minimum absolute atomic E-state index is 0.135. The molecule has 5 unspecified atom stereocenters. The molecule has 2 saturated carbocycles. The number of hydrogen-bond acceptors (Lipinski definition) is 4. The summed E-state index contributed by atoms with van der Waals surface area (Å²) in [5.74, 6) is 1.35. The van der Waals surface area contributed by atoms with E-state index in [1.807, 2.05) is 29.4 Å². The second kappa shape index (κ2) is 5.99. The molecule has 1 amide bonds. The maximum atomic E-state index is 13.2. The lowest BCUT2D eigenvalue weighted by Crippen LogP contribution is -2.60. The van der Waals surface area contributed by atoms with Crippen LogP contribution in [0.1, 0.15) is 31.2 Å². The van der Waals surface area contributed by atoms with Gasteiger partial charge in [-0.05, 0) is 54.7 Å². The van der Waals surface area contributed by atoms with E-state index >= 15 is 0 Å². The predicted octanol–water partition coefficient (Wildman–Crippen LogP) is 2.22. The molecular formula is C20H24N4O. The minimum Gasteiger partial charge on any atom is -0.303 e. The predicted molar refractivity (Wildman–Crippen MR) is 96.4 cm³/mol. The molecule has 1 aromatic rings. The van der Waals surface area contributed by atoms with Gasteiger partial charge in [0.05, 0.1) is 12.6 Å². The second-order valence-corrected chi connectivity index (χ2v) is 7.74. The Kier molecular flexibility index (Phi) is 3.63. The third-order valence-corrected chi connectivity index (χ3v) is 6.47. The third-order valence-electron chi connectivity index (χ3n) is 6.47. The van der Waals surface area contributed by atoms with Crippen LogP contribution in [0.25, 0.3) is 0 Å². The zero-order valence-electron chi connectivity index (χ0n) is 14.3. The summed E-state index contributed by atoms with van der Waals surface area (Å²) in [6.45, 7) is 0.650. The van der Waals surface area contributed by atoms with Crippen molar-refractivity contribution in [3.63, 3.8) is 0 Å². The van der Waals surface area contributed by atoms with Crippen molar-refractivity contribution in [2.45, 2.75) is 44.3 Å². The summed E-state index contributed by atoms with van der Waals surface area (Å²) < 4.78 is 0. The topological polar surface area (TPSA) is 56.7 Å². The highest BCUT2D eigenvalue weighted by molar-refractivity contribution is 5.80. The van der Waals surface area contributed by atoms with Crippen LogP contribution in [0.4, 0.5) is 0 Å². The van der Waals surface area contributed by atoms with Crippen molar-refractivity contribution in [1.29, 1.82) is 0 Å². The van der Waals surface area contributed by atoms with Gasteiger partial charge in [-0.1, -0.05) is 30.3 Å². The largest absolute Gasteiger partial charge is 0.303 e. The number of hydrazone groups is 1. The first-order valence-electron chi connectivity index (χ1n) is 9.40. The second-order valence-electron chi connectivity index (χ2n) is 7.74. The van der Waals surface area contributed by atoms with Crippen molar-refractivity contribution in [3.05, 3.63) is 47.5 Å². The number of rotatable bonds is 2. The van der Waals surface area contributed by atoms with Gasteiger partial charge in [0.1, 0.15) is 0 Å². The van der Waals surface area contributed by atoms with Gasteiger partial charge in [-0.2, -0.15) is 5.10 Å². The molecule has 1 aromatic carbocycles. The summed E-state index contributed by atoms with van der Waals surface area (Å²) in [5, 5.41) is 6.17. The van der Waals surface area contributed by atoms with Crippen molar-refractivity contribution >= 4 is 12.1 Å². The molecule has 5 rings (SSSR count). The number of benzene rings is 1. The first kappa shape index (κ1) is 15.1. The Morgan fingerprint density at radius 3 is 2.92 bits per heavy atom. The first-order valence-corrected chi connectivity index (χ1v) is 9.40. The van der Waals surface area contributed by atoms with Gasteiger partial charge < -0.3 is 5.43 Å². The van der Waals surface area contributed by atoms with Crippen LogP contribution in [0.3, 0.4) is 0 Å². The van der Waals surface area contributed by atoms with E-state index in [0.29, 0.717) is 30.5 Å². The number of amides is 1. The van der Waals surface area contributed by atoms with Crippen LogP contribution in [0.2, 0.25) is 0 Å². The molecule has 0 spiro atoms. The molecule has 1 saturated heterocycles. The van der Waals surface area contributed by atoms with Crippen molar-refractivity contribution in [1.82, 2.24) is 15.9 Å². The van der Waals surface area contributed by atoms with Gasteiger partial charge >= 0.3 is 0 Å². The fourth-order valence-electron chi connectivity index (χ4n) is 5.38. The average Bonchev–Trinajstić information content (AvgIpc) is 2.98. The molecule has 5 nitrogen and oxygen atoms in total. The molecule has 130 valence electrons. The highest BCUT2D eigenvalue weighted by atomic mass is 16.2. The number of fused-ring (bicyclic) bond motifs is 2. The number of allylic oxidation sites excluding steroid dienone is 1. The van der Waals surface area contributed by atoms with Gasteiger partial charge in [0.25, 0.3) is 0 Å². The Bertz CT molecular complexity index is 728. The molecule has 2 aliphatic carbocycles. The van der Waals surface area contributed by atoms with Crippen LogP contribution in [0.15, 0.2) is 47.1 Å². The fourth-order valence-corrected chi connectivity index (χ4v) is 5.38. The summed E-state index contributed by atoms with van der Waals surface area (Å²) in [7, 11) is 0. The molecule has 5 atom stereocenters. The van der Waals surface area contributed by atoms with Crippen LogP contribution in [-0.4, -0.2) is 29.2 Å². The van der Waals surface area contributed by atoms with E-state index in [0.717, 1.165) is 25.7 Å². The average molecular weight is 336 g/mol. The van der Waals surface area contributed by atoms with Crippen molar-refractivity contribution < 1.29 is 4.79 Å². The van der Waals surface area contributed by atoms with Crippen molar-refractivity contribution in [2.24, 2.45) is 22.9 Å². The van der Waals surface area contributed by atoms with E-state index in [1.165, 1.54) is 11.1 Å². The summed E-state index contributed by atoms with van der Waals surface area (Å²) in [6.07, 6.45) is 8.27. The van der Waals surface area contributed by atoms with Gasteiger partial charge in [-0.25, -0.2) is 5.43 Å². The number of nitrogens with zero attached hydrogens (tertiary/aromatic N) is 2. The quantitative estimate of drug-likeness (QED) is 0.871. The van der Waals surface area contributed by atoms with E-state index in [1.54, 1.807) is 0 Å². The molecule has 0 bridgehead atoms. The molecule has 5 heteroatoms. The Balaban J connectivity index is 1.42. The normalized spacial score (nSPS) is 36.2.